The lowest BCUT2D eigenvalue weighted by atomic mass is 10.2. The van der Waals surface area contributed by atoms with E-state index < -0.39 is 0 Å². The lowest BCUT2D eigenvalue weighted by Crippen LogP contribution is -2.40. The molecule has 2 heterocycles. The summed E-state index contributed by atoms with van der Waals surface area (Å²) in [6.07, 6.45) is 9.48. The van der Waals surface area contributed by atoms with Crippen LogP contribution < -0.4 is 5.32 Å². The van der Waals surface area contributed by atoms with Gasteiger partial charge in [0.05, 0.1) is 0 Å². The van der Waals surface area contributed by atoms with Gasteiger partial charge < -0.3 is 10.2 Å². The summed E-state index contributed by atoms with van der Waals surface area (Å²) >= 11 is 0. The third kappa shape index (κ3) is 6.64. The minimum atomic E-state index is 0. The first kappa shape index (κ1) is 21.4. The first-order valence-corrected chi connectivity index (χ1v) is 8.57. The zero-order chi connectivity index (χ0) is 17.2. The van der Waals surface area contributed by atoms with Crippen molar-refractivity contribution in [3.63, 3.8) is 0 Å². The number of aliphatic imine (C=N–C) groups is 1. The summed E-state index contributed by atoms with van der Waals surface area (Å²) in [7, 11) is 3.90. The second kappa shape index (κ2) is 11.8. The molecule has 0 aliphatic carbocycles. The number of nitrogens with one attached hydrogen (secondary N) is 1. The monoisotopic (exact) mass is 456 g/mol. The fourth-order valence-corrected chi connectivity index (χ4v) is 2.65. The van der Waals surface area contributed by atoms with Crippen molar-refractivity contribution in [2.45, 2.75) is 32.1 Å². The van der Waals surface area contributed by atoms with Crippen molar-refractivity contribution in [3.05, 3.63) is 42.9 Å². The van der Waals surface area contributed by atoms with Crippen molar-refractivity contribution >= 4 is 35.6 Å². The van der Waals surface area contributed by atoms with Gasteiger partial charge >= 0.3 is 0 Å². The van der Waals surface area contributed by atoms with Crippen LogP contribution in [0.4, 0.5) is 0 Å². The number of halogens is 1. The largest absolute Gasteiger partial charge is 0.356 e. The summed E-state index contributed by atoms with van der Waals surface area (Å²) in [6, 6.07) is 5.92. The molecule has 25 heavy (non-hydrogen) atoms. The van der Waals surface area contributed by atoms with Gasteiger partial charge in [-0.3, -0.25) is 9.39 Å². The van der Waals surface area contributed by atoms with E-state index in [1.165, 1.54) is 19.3 Å². The Morgan fingerprint density at radius 2 is 2.16 bits per heavy atom. The maximum Gasteiger partial charge on any atom is 0.193 e. The minimum Gasteiger partial charge on any atom is -0.356 e. The SMILES string of the molecule is C=CCCCCCN(C)C(=NC)NCCc1nnc2ccccn12.I. The van der Waals surface area contributed by atoms with Crippen molar-refractivity contribution in [2.24, 2.45) is 4.99 Å². The number of unbranched alkanes of at least 4 members (excludes halogenated alkanes) is 3. The molecule has 0 unspecified atom stereocenters. The Morgan fingerprint density at radius 3 is 2.92 bits per heavy atom. The first-order chi connectivity index (χ1) is 11.8. The van der Waals surface area contributed by atoms with Crippen LogP contribution in [0.25, 0.3) is 5.65 Å². The fraction of sp³-hybridized carbons (Fsp3) is 0.500. The third-order valence-electron chi connectivity index (χ3n) is 3.99. The molecule has 0 spiro atoms. The first-order valence-electron chi connectivity index (χ1n) is 8.57. The quantitative estimate of drug-likeness (QED) is 0.207. The smallest absolute Gasteiger partial charge is 0.193 e. The number of guanidine groups is 1. The summed E-state index contributed by atoms with van der Waals surface area (Å²) in [5.41, 5.74) is 0.883. The minimum absolute atomic E-state index is 0. The highest BCUT2D eigenvalue weighted by molar-refractivity contribution is 14.0. The molecule has 0 bridgehead atoms. The Morgan fingerprint density at radius 1 is 1.32 bits per heavy atom. The Balaban J connectivity index is 0.00000312. The molecule has 0 amide bonds. The molecule has 2 rings (SSSR count). The molecule has 0 saturated carbocycles. The molecule has 0 radical (unpaired) electrons. The second-order valence-corrected chi connectivity index (χ2v) is 5.83. The Kier molecular flexibility index (Phi) is 10.1. The second-order valence-electron chi connectivity index (χ2n) is 5.83. The van der Waals surface area contributed by atoms with Crippen molar-refractivity contribution in [1.82, 2.24) is 24.8 Å². The molecule has 6 nitrogen and oxygen atoms in total. The van der Waals surface area contributed by atoms with Gasteiger partial charge in [-0.15, -0.1) is 40.8 Å². The van der Waals surface area contributed by atoms with Crippen LogP contribution >= 0.6 is 24.0 Å². The summed E-state index contributed by atoms with van der Waals surface area (Å²) in [6.45, 7) is 5.54. The molecule has 0 aliphatic rings. The van der Waals surface area contributed by atoms with E-state index in [4.69, 9.17) is 0 Å². The summed E-state index contributed by atoms with van der Waals surface area (Å²) in [5, 5.41) is 11.8. The molecule has 2 aromatic heterocycles. The standard InChI is InChI=1S/C18H28N6.HI/c1-4-5-6-7-9-14-23(3)18(19-2)20-13-12-17-22-21-16-11-8-10-15-24(16)17;/h4,8,10-11,15H,1,5-7,9,12-14H2,2-3H3,(H,19,20);1H. The predicted molar refractivity (Wildman–Crippen MR) is 115 cm³/mol. The Labute approximate surface area is 167 Å². The molecule has 138 valence electrons. The van der Waals surface area contributed by atoms with Crippen LogP contribution in [0.3, 0.4) is 0 Å². The normalized spacial score (nSPS) is 11.2. The van der Waals surface area contributed by atoms with E-state index in [-0.39, 0.29) is 24.0 Å². The Bertz CT molecular complexity index is 666. The highest BCUT2D eigenvalue weighted by atomic mass is 127. The van der Waals surface area contributed by atoms with Crippen LogP contribution in [-0.4, -0.2) is 52.6 Å². The van der Waals surface area contributed by atoms with E-state index in [9.17, 15) is 0 Å². The number of rotatable bonds is 9. The summed E-state index contributed by atoms with van der Waals surface area (Å²) in [4.78, 5) is 6.53. The number of nitrogens with zero attached hydrogens (tertiary/aromatic N) is 5. The third-order valence-corrected chi connectivity index (χ3v) is 3.99. The molecule has 0 saturated heterocycles. The molecule has 0 aromatic carbocycles. The Hall–Kier alpha value is -1.64. The number of hydrogen-bond donors (Lipinski definition) is 1. The van der Waals surface area contributed by atoms with E-state index in [1.807, 2.05) is 41.9 Å². The topological polar surface area (TPSA) is 57.8 Å². The fourth-order valence-electron chi connectivity index (χ4n) is 2.65. The highest BCUT2D eigenvalue weighted by Crippen LogP contribution is 2.04. The van der Waals surface area contributed by atoms with Gasteiger partial charge in [-0.25, -0.2) is 0 Å². The average molecular weight is 456 g/mol. The van der Waals surface area contributed by atoms with E-state index in [2.05, 4.69) is 39.0 Å². The van der Waals surface area contributed by atoms with Crippen LogP contribution in [0.1, 0.15) is 31.5 Å². The molecule has 0 aliphatic heterocycles. The van der Waals surface area contributed by atoms with Crippen LogP contribution in [0, 0.1) is 0 Å². The number of aromatic nitrogens is 3. The van der Waals surface area contributed by atoms with Gasteiger partial charge in [0.2, 0.25) is 0 Å². The highest BCUT2D eigenvalue weighted by Gasteiger charge is 2.07. The van der Waals surface area contributed by atoms with Crippen LogP contribution in [0.2, 0.25) is 0 Å². The van der Waals surface area contributed by atoms with Gasteiger partial charge in [0.1, 0.15) is 5.82 Å². The van der Waals surface area contributed by atoms with Crippen molar-refractivity contribution in [2.75, 3.05) is 27.2 Å². The molecule has 0 fully saturated rings. The average Bonchev–Trinajstić information content (AvgIpc) is 3.01. The number of hydrogen-bond acceptors (Lipinski definition) is 3. The van der Waals surface area contributed by atoms with Gasteiger partial charge in [-0.05, 0) is 31.4 Å². The molecule has 7 heteroatoms. The lowest BCUT2D eigenvalue weighted by molar-refractivity contribution is 0.455. The van der Waals surface area contributed by atoms with E-state index in [0.29, 0.717) is 0 Å². The van der Waals surface area contributed by atoms with E-state index in [0.717, 1.165) is 43.4 Å². The van der Waals surface area contributed by atoms with Crippen LogP contribution in [0.15, 0.2) is 42.0 Å². The molecule has 0 atom stereocenters. The van der Waals surface area contributed by atoms with Gasteiger partial charge in [-0.2, -0.15) is 0 Å². The van der Waals surface area contributed by atoms with Crippen LogP contribution in [0.5, 0.6) is 0 Å². The molecular weight excluding hydrogens is 427 g/mol. The van der Waals surface area contributed by atoms with Crippen molar-refractivity contribution in [3.8, 4) is 0 Å². The van der Waals surface area contributed by atoms with Gasteiger partial charge in [0.15, 0.2) is 11.6 Å². The van der Waals surface area contributed by atoms with Gasteiger partial charge in [0.25, 0.3) is 0 Å². The number of fused-ring (bicyclic) bond motifs is 1. The van der Waals surface area contributed by atoms with Gasteiger partial charge in [-0.1, -0.05) is 18.6 Å². The predicted octanol–water partition coefficient (Wildman–Crippen LogP) is 3.14. The molecule has 2 aromatic rings. The van der Waals surface area contributed by atoms with Crippen LogP contribution in [-0.2, 0) is 6.42 Å². The summed E-state index contributed by atoms with van der Waals surface area (Å²) in [5.74, 6) is 1.88. The molecule has 1 N–H and O–H groups in total. The lowest BCUT2D eigenvalue weighted by Gasteiger charge is -2.21. The maximum atomic E-state index is 4.36. The maximum absolute atomic E-state index is 4.36. The van der Waals surface area contributed by atoms with Gasteiger partial charge in [0, 0.05) is 39.8 Å². The summed E-state index contributed by atoms with van der Waals surface area (Å²) < 4.78 is 2.02. The van der Waals surface area contributed by atoms with Crippen molar-refractivity contribution < 1.29 is 0 Å². The van der Waals surface area contributed by atoms with Crippen molar-refractivity contribution in [1.29, 1.82) is 0 Å². The zero-order valence-corrected chi connectivity index (χ0v) is 17.5. The van der Waals surface area contributed by atoms with E-state index >= 15 is 0 Å². The van der Waals surface area contributed by atoms with E-state index in [1.54, 1.807) is 0 Å². The molecular formula is C18H29IN6. The number of allylic oxidation sites excluding steroid dienone is 1. The zero-order valence-electron chi connectivity index (χ0n) is 15.2. The number of pyridine rings is 1.